The van der Waals surface area contributed by atoms with Crippen LogP contribution in [0.25, 0.3) is 22.2 Å². The zero-order chi connectivity index (χ0) is 13.7. The highest BCUT2D eigenvalue weighted by Crippen LogP contribution is 2.40. The number of nitrogens with two attached hydrogens (primary N) is 1. The van der Waals surface area contributed by atoms with Gasteiger partial charge in [0.2, 0.25) is 0 Å². The smallest absolute Gasteiger partial charge is 0.147 e. The van der Waals surface area contributed by atoms with Crippen LogP contribution in [0.4, 0.5) is 4.39 Å². The molecule has 0 spiro atoms. The second-order valence-electron chi connectivity index (χ2n) is 5.38. The first-order chi connectivity index (χ1) is 9.75. The molecule has 1 aromatic heterocycles. The van der Waals surface area contributed by atoms with E-state index in [2.05, 4.69) is 4.98 Å². The van der Waals surface area contributed by atoms with Gasteiger partial charge < -0.3 is 10.7 Å². The first-order valence-electron chi connectivity index (χ1n) is 6.89. The molecule has 2 aromatic carbocycles. The molecular formula is C17H15FN2. The Hall–Kier alpha value is -2.13. The lowest BCUT2D eigenvalue weighted by Crippen LogP contribution is -2.15. The van der Waals surface area contributed by atoms with Crippen LogP contribution in [-0.2, 0) is 6.42 Å². The molecule has 1 unspecified atom stereocenters. The summed E-state index contributed by atoms with van der Waals surface area (Å²) in [6, 6.07) is 13.4. The minimum Gasteiger partial charge on any atom is -0.352 e. The zero-order valence-electron chi connectivity index (χ0n) is 11.0. The lowest BCUT2D eigenvalue weighted by atomic mass is 9.87. The lowest BCUT2D eigenvalue weighted by Gasteiger charge is -2.20. The molecule has 2 nitrogen and oxygen atoms in total. The van der Waals surface area contributed by atoms with Gasteiger partial charge in [-0.05, 0) is 35.6 Å². The second-order valence-corrected chi connectivity index (χ2v) is 5.38. The van der Waals surface area contributed by atoms with E-state index in [1.807, 2.05) is 36.4 Å². The Morgan fingerprint density at radius 2 is 1.90 bits per heavy atom. The van der Waals surface area contributed by atoms with Crippen LogP contribution in [0, 0.1) is 5.82 Å². The maximum absolute atomic E-state index is 14.1. The number of hydrogen-bond acceptors (Lipinski definition) is 1. The van der Waals surface area contributed by atoms with Gasteiger partial charge in [-0.2, -0.15) is 0 Å². The average Bonchev–Trinajstić information content (AvgIpc) is 2.87. The predicted molar refractivity (Wildman–Crippen MR) is 78.9 cm³/mol. The summed E-state index contributed by atoms with van der Waals surface area (Å²) in [7, 11) is 0. The van der Waals surface area contributed by atoms with Crippen LogP contribution >= 0.6 is 0 Å². The second kappa shape index (κ2) is 4.18. The summed E-state index contributed by atoms with van der Waals surface area (Å²) in [5.74, 6) is -0.207. The number of hydrogen-bond donors (Lipinski definition) is 2. The average molecular weight is 266 g/mol. The molecule has 0 saturated carbocycles. The molecule has 3 N–H and O–H groups in total. The number of halogens is 1. The Balaban J connectivity index is 2.09. The van der Waals surface area contributed by atoms with E-state index >= 15 is 0 Å². The number of H-pyrrole nitrogens is 1. The van der Waals surface area contributed by atoms with Gasteiger partial charge >= 0.3 is 0 Å². The fourth-order valence-electron chi connectivity index (χ4n) is 3.23. The van der Waals surface area contributed by atoms with Crippen LogP contribution < -0.4 is 5.73 Å². The largest absolute Gasteiger partial charge is 0.352 e. The standard InChI is InChI=1S/C17H15FN2/c18-13-8-6-11-14(19)9-7-12-15(11)17(13)20-16(12)10-4-2-1-3-5-10/h1-6,8,14,20H,7,9,19H2. The van der Waals surface area contributed by atoms with Crippen LogP contribution in [0.3, 0.4) is 0 Å². The molecule has 0 fully saturated rings. The number of aryl methyl sites for hydroxylation is 1. The van der Waals surface area contributed by atoms with Gasteiger partial charge in [0.05, 0.1) is 5.52 Å². The number of aromatic nitrogens is 1. The van der Waals surface area contributed by atoms with Crippen molar-refractivity contribution in [2.75, 3.05) is 0 Å². The molecule has 1 atom stereocenters. The monoisotopic (exact) mass is 266 g/mol. The van der Waals surface area contributed by atoms with E-state index in [0.717, 1.165) is 35.0 Å². The number of benzene rings is 2. The molecule has 1 aliphatic rings. The Morgan fingerprint density at radius 1 is 1.10 bits per heavy atom. The Morgan fingerprint density at radius 3 is 2.70 bits per heavy atom. The molecule has 1 aliphatic carbocycles. The molecule has 0 saturated heterocycles. The van der Waals surface area contributed by atoms with E-state index in [-0.39, 0.29) is 11.9 Å². The Labute approximate surface area is 116 Å². The van der Waals surface area contributed by atoms with Crippen molar-refractivity contribution in [1.82, 2.24) is 4.98 Å². The summed E-state index contributed by atoms with van der Waals surface area (Å²) >= 11 is 0. The van der Waals surface area contributed by atoms with E-state index in [0.29, 0.717) is 5.52 Å². The third-order valence-corrected chi connectivity index (χ3v) is 4.21. The molecule has 0 amide bonds. The Kier molecular flexibility index (Phi) is 2.44. The summed E-state index contributed by atoms with van der Waals surface area (Å²) in [4.78, 5) is 3.27. The van der Waals surface area contributed by atoms with Gasteiger partial charge in [0.15, 0.2) is 0 Å². The van der Waals surface area contributed by atoms with Crippen molar-refractivity contribution >= 4 is 10.9 Å². The minimum absolute atomic E-state index is 0.00465. The van der Waals surface area contributed by atoms with Gasteiger partial charge in [-0.3, -0.25) is 0 Å². The van der Waals surface area contributed by atoms with Gasteiger partial charge in [0.1, 0.15) is 5.82 Å². The lowest BCUT2D eigenvalue weighted by molar-refractivity contribution is 0.626. The van der Waals surface area contributed by atoms with Crippen molar-refractivity contribution in [3.63, 3.8) is 0 Å². The van der Waals surface area contributed by atoms with Crippen molar-refractivity contribution in [3.8, 4) is 11.3 Å². The summed E-state index contributed by atoms with van der Waals surface area (Å²) in [5, 5.41) is 0.989. The van der Waals surface area contributed by atoms with Crippen LogP contribution in [0.1, 0.15) is 23.6 Å². The number of aromatic amines is 1. The Bertz CT molecular complexity index is 790. The van der Waals surface area contributed by atoms with Gasteiger partial charge in [-0.25, -0.2) is 4.39 Å². The first-order valence-corrected chi connectivity index (χ1v) is 6.89. The summed E-state index contributed by atoms with van der Waals surface area (Å²) < 4.78 is 14.1. The van der Waals surface area contributed by atoms with Crippen molar-refractivity contribution in [1.29, 1.82) is 0 Å². The van der Waals surface area contributed by atoms with Crippen molar-refractivity contribution in [3.05, 3.63) is 59.4 Å². The zero-order valence-corrected chi connectivity index (χ0v) is 11.0. The molecule has 100 valence electrons. The molecule has 4 rings (SSSR count). The van der Waals surface area contributed by atoms with Gasteiger partial charge in [0, 0.05) is 17.1 Å². The van der Waals surface area contributed by atoms with E-state index < -0.39 is 0 Å². The van der Waals surface area contributed by atoms with Crippen molar-refractivity contribution in [2.24, 2.45) is 5.73 Å². The highest BCUT2D eigenvalue weighted by atomic mass is 19.1. The fourth-order valence-corrected chi connectivity index (χ4v) is 3.23. The summed E-state index contributed by atoms with van der Waals surface area (Å²) in [6.45, 7) is 0. The topological polar surface area (TPSA) is 41.8 Å². The van der Waals surface area contributed by atoms with E-state index in [1.54, 1.807) is 0 Å². The normalized spacial score (nSPS) is 17.6. The van der Waals surface area contributed by atoms with Gasteiger partial charge in [0.25, 0.3) is 0 Å². The van der Waals surface area contributed by atoms with E-state index in [9.17, 15) is 4.39 Å². The molecular weight excluding hydrogens is 251 g/mol. The van der Waals surface area contributed by atoms with Crippen LogP contribution in [-0.4, -0.2) is 4.98 Å². The first kappa shape index (κ1) is 11.7. The molecule has 0 bridgehead atoms. The SMILES string of the molecule is NC1CCc2c(-c3ccccc3)[nH]c3c(F)ccc1c23. The molecule has 3 heteroatoms. The van der Waals surface area contributed by atoms with E-state index in [1.165, 1.54) is 11.6 Å². The molecule has 0 aliphatic heterocycles. The highest BCUT2D eigenvalue weighted by molar-refractivity contribution is 5.94. The molecule has 0 radical (unpaired) electrons. The van der Waals surface area contributed by atoms with E-state index in [4.69, 9.17) is 5.73 Å². The maximum Gasteiger partial charge on any atom is 0.147 e. The maximum atomic E-state index is 14.1. The summed E-state index contributed by atoms with van der Waals surface area (Å²) in [5.41, 5.74) is 11.1. The summed E-state index contributed by atoms with van der Waals surface area (Å²) in [6.07, 6.45) is 1.80. The van der Waals surface area contributed by atoms with Gasteiger partial charge in [-0.15, -0.1) is 0 Å². The van der Waals surface area contributed by atoms with Gasteiger partial charge in [-0.1, -0.05) is 36.4 Å². The molecule has 20 heavy (non-hydrogen) atoms. The van der Waals surface area contributed by atoms with Crippen LogP contribution in [0.2, 0.25) is 0 Å². The van der Waals surface area contributed by atoms with Crippen molar-refractivity contribution in [2.45, 2.75) is 18.9 Å². The van der Waals surface area contributed by atoms with Crippen LogP contribution in [0.15, 0.2) is 42.5 Å². The van der Waals surface area contributed by atoms with Crippen LogP contribution in [0.5, 0.6) is 0 Å². The molecule has 3 aromatic rings. The van der Waals surface area contributed by atoms with Crippen molar-refractivity contribution < 1.29 is 4.39 Å². The number of nitrogens with one attached hydrogen (secondary N) is 1. The predicted octanol–water partition coefficient (Wildman–Crippen LogP) is 3.92. The third-order valence-electron chi connectivity index (χ3n) is 4.21. The quantitative estimate of drug-likeness (QED) is 0.688. The molecule has 1 heterocycles. The fraction of sp³-hybridized carbons (Fsp3) is 0.176. The third kappa shape index (κ3) is 1.53. The minimum atomic E-state index is -0.207. The highest BCUT2D eigenvalue weighted by Gasteiger charge is 2.25. The number of rotatable bonds is 1.